The van der Waals surface area contributed by atoms with Gasteiger partial charge >= 0.3 is 0 Å². The van der Waals surface area contributed by atoms with Crippen LogP contribution in [0.25, 0.3) is 0 Å². The Labute approximate surface area is 194 Å². The Hall–Kier alpha value is -2.87. The third-order valence-corrected chi connectivity index (χ3v) is 6.23. The first-order valence-corrected chi connectivity index (χ1v) is 11.2. The van der Waals surface area contributed by atoms with Gasteiger partial charge in [-0.1, -0.05) is 35.9 Å². The van der Waals surface area contributed by atoms with Crippen molar-refractivity contribution in [2.75, 3.05) is 15.5 Å². The summed E-state index contributed by atoms with van der Waals surface area (Å²) in [5, 5.41) is 6.75. The van der Waals surface area contributed by atoms with Gasteiger partial charge in [-0.15, -0.1) is 11.8 Å². The minimum atomic E-state index is -0.467. The number of imide groups is 1. The van der Waals surface area contributed by atoms with E-state index in [4.69, 9.17) is 23.8 Å². The largest absolute Gasteiger partial charge is 0.332 e. The summed E-state index contributed by atoms with van der Waals surface area (Å²) in [4.78, 5) is 27.4. The maximum absolute atomic E-state index is 12.8. The normalized spacial score (nSPS) is 15.8. The van der Waals surface area contributed by atoms with Crippen molar-refractivity contribution in [2.45, 2.75) is 16.6 Å². The van der Waals surface area contributed by atoms with E-state index in [0.29, 0.717) is 15.8 Å². The maximum Gasteiger partial charge on any atom is 0.247 e. The van der Waals surface area contributed by atoms with Crippen LogP contribution in [-0.4, -0.2) is 22.2 Å². The Bertz CT molecular complexity index is 1120. The lowest BCUT2D eigenvalue weighted by Crippen LogP contribution is -2.31. The fourth-order valence-electron chi connectivity index (χ4n) is 3.18. The van der Waals surface area contributed by atoms with Gasteiger partial charge < -0.3 is 10.6 Å². The minimum absolute atomic E-state index is 0.154. The van der Waals surface area contributed by atoms with Crippen molar-refractivity contribution in [2.24, 2.45) is 0 Å². The molecule has 3 aromatic carbocycles. The molecule has 3 aromatic rings. The number of nitrogens with zero attached hydrogens (tertiary/aromatic N) is 1. The molecule has 0 spiro atoms. The van der Waals surface area contributed by atoms with Crippen molar-refractivity contribution in [3.63, 3.8) is 0 Å². The molecule has 0 unspecified atom stereocenters. The Morgan fingerprint density at radius 1 is 0.935 bits per heavy atom. The summed E-state index contributed by atoms with van der Waals surface area (Å²) in [6, 6.07) is 24.0. The molecule has 1 heterocycles. The Morgan fingerprint density at radius 2 is 1.61 bits per heavy atom. The summed E-state index contributed by atoms with van der Waals surface area (Å²) in [7, 11) is 0. The smallest absolute Gasteiger partial charge is 0.247 e. The summed E-state index contributed by atoms with van der Waals surface area (Å²) >= 11 is 12.7. The molecule has 1 aliphatic heterocycles. The van der Waals surface area contributed by atoms with Crippen molar-refractivity contribution in [1.29, 1.82) is 0 Å². The lowest BCUT2D eigenvalue weighted by atomic mass is 10.3. The van der Waals surface area contributed by atoms with E-state index in [2.05, 4.69) is 10.6 Å². The van der Waals surface area contributed by atoms with Crippen LogP contribution in [0.2, 0.25) is 5.02 Å². The summed E-state index contributed by atoms with van der Waals surface area (Å²) in [6.45, 7) is 0. The number of anilines is 3. The zero-order chi connectivity index (χ0) is 21.8. The van der Waals surface area contributed by atoms with Gasteiger partial charge in [-0.2, -0.15) is 0 Å². The quantitative estimate of drug-likeness (QED) is 0.377. The highest BCUT2D eigenvalue weighted by Gasteiger charge is 2.40. The third-order valence-electron chi connectivity index (χ3n) is 4.59. The van der Waals surface area contributed by atoms with Gasteiger partial charge in [0.15, 0.2) is 5.11 Å². The van der Waals surface area contributed by atoms with Gasteiger partial charge in [-0.05, 0) is 66.8 Å². The van der Waals surface area contributed by atoms with Gasteiger partial charge in [0.05, 0.1) is 10.9 Å². The van der Waals surface area contributed by atoms with Crippen LogP contribution in [0.5, 0.6) is 0 Å². The molecule has 5 nitrogen and oxygen atoms in total. The third kappa shape index (κ3) is 5.25. The van der Waals surface area contributed by atoms with E-state index in [1.54, 1.807) is 24.3 Å². The molecule has 1 atom stereocenters. The van der Waals surface area contributed by atoms with Gasteiger partial charge in [0.2, 0.25) is 11.8 Å². The number of thiocarbonyl (C=S) groups is 1. The molecule has 0 bridgehead atoms. The van der Waals surface area contributed by atoms with Crippen LogP contribution in [-0.2, 0) is 9.59 Å². The number of benzene rings is 3. The SMILES string of the molecule is O=C1C[C@@H](Sc2ccc(NC(=S)Nc3ccccc3)cc2)C(=O)N1c1cccc(Cl)c1. The lowest BCUT2D eigenvalue weighted by molar-refractivity contribution is -0.121. The zero-order valence-corrected chi connectivity index (χ0v) is 18.6. The van der Waals surface area contributed by atoms with Crippen LogP contribution in [0, 0.1) is 0 Å². The molecule has 1 fully saturated rings. The van der Waals surface area contributed by atoms with E-state index in [1.165, 1.54) is 16.7 Å². The molecule has 1 saturated heterocycles. The van der Waals surface area contributed by atoms with Gasteiger partial charge in [0.25, 0.3) is 0 Å². The second-order valence-electron chi connectivity index (χ2n) is 6.83. The maximum atomic E-state index is 12.8. The first kappa shape index (κ1) is 21.4. The van der Waals surface area contributed by atoms with Crippen LogP contribution in [0.3, 0.4) is 0 Å². The van der Waals surface area contributed by atoms with E-state index >= 15 is 0 Å². The van der Waals surface area contributed by atoms with Crippen molar-refractivity contribution in [3.05, 3.63) is 83.9 Å². The topological polar surface area (TPSA) is 61.4 Å². The van der Waals surface area contributed by atoms with Crippen LogP contribution >= 0.6 is 35.6 Å². The van der Waals surface area contributed by atoms with Gasteiger partial charge in [-0.3, -0.25) is 9.59 Å². The van der Waals surface area contributed by atoms with Crippen LogP contribution in [0.15, 0.2) is 83.8 Å². The monoisotopic (exact) mass is 467 g/mol. The summed E-state index contributed by atoms with van der Waals surface area (Å²) in [5.74, 6) is -0.451. The molecule has 2 N–H and O–H groups in total. The van der Waals surface area contributed by atoms with E-state index < -0.39 is 5.25 Å². The highest BCUT2D eigenvalue weighted by Crippen LogP contribution is 2.35. The highest BCUT2D eigenvalue weighted by atomic mass is 35.5. The molecule has 156 valence electrons. The summed E-state index contributed by atoms with van der Waals surface area (Å²) in [5.41, 5.74) is 2.23. The second kappa shape index (κ2) is 9.51. The number of para-hydroxylation sites is 1. The average molecular weight is 468 g/mol. The van der Waals surface area contributed by atoms with E-state index in [0.717, 1.165) is 16.3 Å². The fraction of sp³-hybridized carbons (Fsp3) is 0.0870. The average Bonchev–Trinajstić information content (AvgIpc) is 3.03. The highest BCUT2D eigenvalue weighted by molar-refractivity contribution is 8.00. The molecule has 31 heavy (non-hydrogen) atoms. The molecular weight excluding hydrogens is 450 g/mol. The number of thioether (sulfide) groups is 1. The molecular formula is C23H18ClN3O2S2. The molecule has 1 aliphatic rings. The number of hydrogen-bond acceptors (Lipinski definition) is 4. The van der Waals surface area contributed by atoms with Crippen LogP contribution in [0.1, 0.15) is 6.42 Å². The van der Waals surface area contributed by atoms with Gasteiger partial charge in [0.1, 0.15) is 0 Å². The summed E-state index contributed by atoms with van der Waals surface area (Å²) < 4.78 is 0. The minimum Gasteiger partial charge on any atom is -0.332 e. The zero-order valence-electron chi connectivity index (χ0n) is 16.2. The van der Waals surface area contributed by atoms with Gasteiger partial charge in [-0.25, -0.2) is 4.90 Å². The van der Waals surface area contributed by atoms with Crippen LogP contribution in [0.4, 0.5) is 17.1 Å². The number of carbonyl (C=O) groups excluding carboxylic acids is 2. The van der Waals surface area contributed by atoms with Crippen LogP contribution < -0.4 is 15.5 Å². The molecule has 0 aromatic heterocycles. The Balaban J connectivity index is 1.37. The predicted molar refractivity (Wildman–Crippen MR) is 131 cm³/mol. The molecule has 0 aliphatic carbocycles. The van der Waals surface area contributed by atoms with Crippen molar-refractivity contribution in [3.8, 4) is 0 Å². The number of carbonyl (C=O) groups is 2. The molecule has 0 radical (unpaired) electrons. The lowest BCUT2D eigenvalue weighted by Gasteiger charge is -2.15. The number of nitrogens with one attached hydrogen (secondary N) is 2. The van der Waals surface area contributed by atoms with E-state index in [-0.39, 0.29) is 18.2 Å². The number of halogens is 1. The Morgan fingerprint density at radius 3 is 2.29 bits per heavy atom. The van der Waals surface area contributed by atoms with E-state index in [9.17, 15) is 9.59 Å². The molecule has 4 rings (SSSR count). The second-order valence-corrected chi connectivity index (χ2v) is 8.95. The van der Waals surface area contributed by atoms with Gasteiger partial charge in [0, 0.05) is 27.7 Å². The fourth-order valence-corrected chi connectivity index (χ4v) is 4.65. The standard InChI is InChI=1S/C23H18ClN3O2S2/c24-15-5-4-8-18(13-15)27-21(28)14-20(22(27)29)31-19-11-9-17(10-12-19)26-23(30)25-16-6-2-1-3-7-16/h1-13,20H,14H2,(H2,25,26,30)/t20-/m1/s1. The van der Waals surface area contributed by atoms with Crippen molar-refractivity contribution in [1.82, 2.24) is 0 Å². The number of rotatable bonds is 5. The Kier molecular flexibility index (Phi) is 6.56. The molecule has 0 saturated carbocycles. The first-order valence-electron chi connectivity index (χ1n) is 9.52. The molecule has 2 amide bonds. The predicted octanol–water partition coefficient (Wildman–Crippen LogP) is 5.57. The first-order chi connectivity index (χ1) is 15.0. The number of hydrogen-bond donors (Lipinski definition) is 2. The molecule has 8 heteroatoms. The summed E-state index contributed by atoms with van der Waals surface area (Å²) in [6.07, 6.45) is 0.154. The number of amides is 2. The van der Waals surface area contributed by atoms with E-state index in [1.807, 2.05) is 54.6 Å². The van der Waals surface area contributed by atoms with Crippen molar-refractivity contribution >= 4 is 69.6 Å². The van der Waals surface area contributed by atoms with Crippen molar-refractivity contribution < 1.29 is 9.59 Å².